The van der Waals surface area contributed by atoms with Crippen LogP contribution < -0.4 is 9.47 Å². The highest BCUT2D eigenvalue weighted by molar-refractivity contribution is 9.10. The number of rotatable bonds is 8. The maximum Gasteiger partial charge on any atom is 0.293 e. The minimum absolute atomic E-state index is 0.0542. The zero-order valence-electron chi connectivity index (χ0n) is 19.0. The Morgan fingerprint density at radius 3 is 2.59 bits per heavy atom. The maximum absolute atomic E-state index is 14.0. The van der Waals surface area contributed by atoms with E-state index in [-0.39, 0.29) is 23.6 Å². The Labute approximate surface area is 211 Å². The van der Waals surface area contributed by atoms with Crippen LogP contribution in [-0.4, -0.2) is 29.2 Å². The van der Waals surface area contributed by atoms with Crippen molar-refractivity contribution in [3.05, 3.63) is 62.7 Å². The van der Waals surface area contributed by atoms with Gasteiger partial charge in [-0.1, -0.05) is 53.4 Å². The van der Waals surface area contributed by atoms with Crippen LogP contribution in [-0.2, 0) is 11.4 Å². The van der Waals surface area contributed by atoms with Gasteiger partial charge in [0.05, 0.1) is 11.5 Å². The number of carbonyl (C=O) groups excluding carboxylic acids is 2. The Bertz CT molecular complexity index is 1100. The molecule has 2 aromatic carbocycles. The molecule has 2 fully saturated rings. The number of nitrogens with zero attached hydrogens (tertiary/aromatic N) is 1. The first-order valence-corrected chi connectivity index (χ1v) is 13.1. The molecule has 8 heteroatoms. The molecule has 0 N–H and O–H groups in total. The molecule has 34 heavy (non-hydrogen) atoms. The molecule has 0 spiro atoms. The average molecular weight is 548 g/mol. The van der Waals surface area contributed by atoms with Crippen LogP contribution in [0.1, 0.15) is 50.2 Å². The minimum atomic E-state index is -0.333. The van der Waals surface area contributed by atoms with Crippen LogP contribution in [0.2, 0.25) is 0 Å². The van der Waals surface area contributed by atoms with Crippen molar-refractivity contribution in [2.45, 2.75) is 45.6 Å². The first-order valence-electron chi connectivity index (χ1n) is 11.5. The molecule has 2 aromatic rings. The summed E-state index contributed by atoms with van der Waals surface area (Å²) in [6.07, 6.45) is 7.40. The number of amides is 2. The highest BCUT2D eigenvalue weighted by atomic mass is 79.9. The van der Waals surface area contributed by atoms with E-state index < -0.39 is 0 Å². The van der Waals surface area contributed by atoms with Crippen LogP contribution in [0.3, 0.4) is 0 Å². The Balaban J connectivity index is 1.53. The number of benzene rings is 2. The van der Waals surface area contributed by atoms with Crippen LogP contribution in [0, 0.1) is 11.7 Å². The van der Waals surface area contributed by atoms with Gasteiger partial charge < -0.3 is 9.47 Å². The van der Waals surface area contributed by atoms with Crippen molar-refractivity contribution in [2.24, 2.45) is 5.92 Å². The summed E-state index contributed by atoms with van der Waals surface area (Å²) < 4.78 is 26.2. The SMILES string of the molecule is CCOc1cc(/C=C2/SC(=O)N(CC3CCCCC3)C2=O)c(Br)cc1OCc1ccccc1F. The maximum atomic E-state index is 14.0. The average Bonchev–Trinajstić information content (AvgIpc) is 3.09. The van der Waals surface area contributed by atoms with Gasteiger partial charge in [0.1, 0.15) is 12.4 Å². The molecule has 0 atom stereocenters. The van der Waals surface area contributed by atoms with E-state index in [1.807, 2.05) is 6.92 Å². The Morgan fingerprint density at radius 2 is 1.85 bits per heavy atom. The van der Waals surface area contributed by atoms with Gasteiger partial charge in [0.25, 0.3) is 11.1 Å². The third kappa shape index (κ3) is 5.84. The Morgan fingerprint density at radius 1 is 1.12 bits per heavy atom. The molecule has 1 saturated heterocycles. The van der Waals surface area contributed by atoms with Crippen molar-refractivity contribution < 1.29 is 23.5 Å². The van der Waals surface area contributed by atoms with Crippen LogP contribution in [0.4, 0.5) is 9.18 Å². The largest absolute Gasteiger partial charge is 0.490 e. The molecular formula is C26H27BrFNO4S. The lowest BCUT2D eigenvalue weighted by Crippen LogP contribution is -2.34. The summed E-state index contributed by atoms with van der Waals surface area (Å²) in [6, 6.07) is 9.95. The predicted molar refractivity (Wildman–Crippen MR) is 135 cm³/mol. The van der Waals surface area contributed by atoms with Crippen molar-refractivity contribution >= 4 is 44.9 Å². The first kappa shape index (κ1) is 24.8. The quantitative estimate of drug-likeness (QED) is 0.327. The smallest absolute Gasteiger partial charge is 0.293 e. The lowest BCUT2D eigenvalue weighted by molar-refractivity contribution is -0.123. The van der Waals surface area contributed by atoms with Gasteiger partial charge in [-0.3, -0.25) is 14.5 Å². The highest BCUT2D eigenvalue weighted by Gasteiger charge is 2.36. The van der Waals surface area contributed by atoms with Crippen molar-refractivity contribution in [3.8, 4) is 11.5 Å². The fourth-order valence-electron chi connectivity index (χ4n) is 4.24. The number of carbonyl (C=O) groups is 2. The van der Waals surface area contributed by atoms with Crippen molar-refractivity contribution in [1.82, 2.24) is 4.90 Å². The topological polar surface area (TPSA) is 55.8 Å². The molecule has 0 aromatic heterocycles. The van der Waals surface area contributed by atoms with Crippen LogP contribution in [0.5, 0.6) is 11.5 Å². The second-order valence-corrected chi connectivity index (χ2v) is 10.3. The molecule has 4 rings (SSSR count). The molecule has 5 nitrogen and oxygen atoms in total. The monoisotopic (exact) mass is 547 g/mol. The third-order valence-corrected chi connectivity index (χ3v) is 7.62. The molecule has 0 bridgehead atoms. The second kappa shape index (κ2) is 11.4. The summed E-state index contributed by atoms with van der Waals surface area (Å²) in [6.45, 7) is 2.82. The van der Waals surface area contributed by atoms with Gasteiger partial charge in [0, 0.05) is 16.6 Å². The number of ether oxygens (including phenoxy) is 2. The molecule has 180 valence electrons. The minimum Gasteiger partial charge on any atom is -0.490 e. The van der Waals surface area contributed by atoms with Crippen molar-refractivity contribution in [2.75, 3.05) is 13.2 Å². The molecule has 1 saturated carbocycles. The van der Waals surface area contributed by atoms with E-state index in [4.69, 9.17) is 9.47 Å². The Kier molecular flexibility index (Phi) is 8.32. The molecule has 1 aliphatic heterocycles. The molecule has 1 heterocycles. The lowest BCUT2D eigenvalue weighted by Gasteiger charge is -2.25. The van der Waals surface area contributed by atoms with E-state index in [0.717, 1.165) is 37.4 Å². The normalized spacial score (nSPS) is 18.1. The van der Waals surface area contributed by atoms with E-state index in [2.05, 4.69) is 15.9 Å². The predicted octanol–water partition coefficient (Wildman–Crippen LogP) is 7.18. The number of hydrogen-bond donors (Lipinski definition) is 0. The molecule has 0 unspecified atom stereocenters. The number of imide groups is 1. The van der Waals surface area contributed by atoms with Gasteiger partial charge in [-0.25, -0.2) is 4.39 Å². The van der Waals surface area contributed by atoms with Gasteiger partial charge >= 0.3 is 0 Å². The lowest BCUT2D eigenvalue weighted by atomic mass is 9.89. The number of thioether (sulfide) groups is 1. The first-order chi connectivity index (χ1) is 16.5. The molecule has 1 aliphatic carbocycles. The third-order valence-electron chi connectivity index (χ3n) is 6.03. The molecular weight excluding hydrogens is 521 g/mol. The number of halogens is 2. The van der Waals surface area contributed by atoms with Crippen molar-refractivity contribution in [3.63, 3.8) is 0 Å². The van der Waals surface area contributed by atoms with Crippen LogP contribution >= 0.6 is 27.7 Å². The summed E-state index contributed by atoms with van der Waals surface area (Å²) in [4.78, 5) is 27.3. The van der Waals surface area contributed by atoms with Gasteiger partial charge in [0.2, 0.25) is 0 Å². The molecule has 2 aliphatic rings. The molecule has 2 amide bonds. The van der Waals surface area contributed by atoms with E-state index in [1.54, 1.807) is 36.4 Å². The van der Waals surface area contributed by atoms with E-state index in [9.17, 15) is 14.0 Å². The van der Waals surface area contributed by atoms with Crippen LogP contribution in [0.25, 0.3) is 6.08 Å². The Hall–Kier alpha value is -2.32. The van der Waals surface area contributed by atoms with Crippen molar-refractivity contribution in [1.29, 1.82) is 0 Å². The van der Waals surface area contributed by atoms with Gasteiger partial charge in [-0.05, 0) is 67.3 Å². The van der Waals surface area contributed by atoms with Gasteiger partial charge in [-0.2, -0.15) is 0 Å². The number of hydrogen-bond acceptors (Lipinski definition) is 5. The summed E-state index contributed by atoms with van der Waals surface area (Å²) in [7, 11) is 0. The van der Waals surface area contributed by atoms with Crippen LogP contribution in [0.15, 0.2) is 45.8 Å². The zero-order valence-corrected chi connectivity index (χ0v) is 21.4. The summed E-state index contributed by atoms with van der Waals surface area (Å²) in [5.74, 6) is 0.753. The second-order valence-electron chi connectivity index (χ2n) is 8.43. The fourth-order valence-corrected chi connectivity index (χ4v) is 5.52. The molecule has 0 radical (unpaired) electrons. The highest BCUT2D eigenvalue weighted by Crippen LogP contribution is 2.39. The van der Waals surface area contributed by atoms with Gasteiger partial charge in [0.15, 0.2) is 11.5 Å². The van der Waals surface area contributed by atoms with E-state index in [1.165, 1.54) is 17.4 Å². The van der Waals surface area contributed by atoms with E-state index in [0.29, 0.717) is 51.1 Å². The fraction of sp³-hybridized carbons (Fsp3) is 0.385. The van der Waals surface area contributed by atoms with E-state index >= 15 is 0 Å². The zero-order chi connectivity index (χ0) is 24.1. The summed E-state index contributed by atoms with van der Waals surface area (Å²) >= 11 is 4.51. The summed E-state index contributed by atoms with van der Waals surface area (Å²) in [5.41, 5.74) is 1.14. The standard InChI is InChI=1S/C26H27BrFNO4S/c1-2-32-22-12-19(20(27)14-23(22)33-16-18-10-6-7-11-21(18)28)13-24-25(30)29(26(31)34-24)15-17-8-4-3-5-9-17/h6-7,10-14,17H,2-5,8-9,15-16H2,1H3/b24-13+. The summed E-state index contributed by atoms with van der Waals surface area (Å²) in [5, 5.41) is -0.215. The van der Waals surface area contributed by atoms with Gasteiger partial charge in [-0.15, -0.1) is 0 Å².